The van der Waals surface area contributed by atoms with Gasteiger partial charge in [0.15, 0.2) is 0 Å². The van der Waals surface area contributed by atoms with Crippen molar-refractivity contribution < 1.29 is 9.53 Å². The van der Waals surface area contributed by atoms with Gasteiger partial charge >= 0.3 is 0 Å². The van der Waals surface area contributed by atoms with Crippen LogP contribution in [0.4, 0.5) is 0 Å². The molecule has 0 bridgehead atoms. The number of alkyl halides is 1. The Bertz CT molecular complexity index is 300. The predicted molar refractivity (Wildman–Crippen MR) is 53.1 cm³/mol. The molecule has 0 N–H and O–H groups in total. The Kier molecular flexibility index (Phi) is 4.06. The van der Waals surface area contributed by atoms with Crippen molar-refractivity contribution in [2.24, 2.45) is 0 Å². The van der Waals surface area contributed by atoms with Crippen molar-refractivity contribution in [1.82, 2.24) is 0 Å². The topological polar surface area (TPSA) is 26.3 Å². The molecule has 0 aliphatic carbocycles. The molecule has 4 heteroatoms. The highest BCUT2D eigenvalue weighted by atomic mass is 35.5. The normalized spacial score (nSPS) is 9.69. The van der Waals surface area contributed by atoms with E-state index in [1.807, 2.05) is 0 Å². The number of rotatable bonds is 4. The van der Waals surface area contributed by atoms with Crippen molar-refractivity contribution >= 4 is 29.5 Å². The molecule has 0 saturated heterocycles. The number of halogens is 2. The van der Waals surface area contributed by atoms with E-state index in [0.717, 1.165) is 6.29 Å². The van der Waals surface area contributed by atoms with Gasteiger partial charge in [0, 0.05) is 5.56 Å². The SMILES string of the molecule is O=Cc1ccc(OCCCl)c(Cl)c1. The maximum atomic E-state index is 10.4. The summed E-state index contributed by atoms with van der Waals surface area (Å²) < 4.78 is 5.21. The van der Waals surface area contributed by atoms with Crippen LogP contribution < -0.4 is 4.74 Å². The van der Waals surface area contributed by atoms with Crippen LogP contribution in [0.3, 0.4) is 0 Å². The van der Waals surface area contributed by atoms with E-state index in [4.69, 9.17) is 27.9 Å². The number of ether oxygens (including phenoxy) is 1. The Morgan fingerprint density at radius 2 is 2.23 bits per heavy atom. The highest BCUT2D eigenvalue weighted by Crippen LogP contribution is 2.24. The van der Waals surface area contributed by atoms with Crippen molar-refractivity contribution in [3.05, 3.63) is 28.8 Å². The molecule has 70 valence electrons. The monoisotopic (exact) mass is 218 g/mol. The van der Waals surface area contributed by atoms with Crippen LogP contribution in [-0.2, 0) is 0 Å². The number of hydrogen-bond acceptors (Lipinski definition) is 2. The van der Waals surface area contributed by atoms with Crippen LogP contribution >= 0.6 is 23.2 Å². The van der Waals surface area contributed by atoms with Gasteiger partial charge in [0.25, 0.3) is 0 Å². The maximum absolute atomic E-state index is 10.4. The molecule has 2 nitrogen and oxygen atoms in total. The molecule has 0 spiro atoms. The largest absolute Gasteiger partial charge is 0.491 e. The fraction of sp³-hybridized carbons (Fsp3) is 0.222. The second kappa shape index (κ2) is 5.10. The predicted octanol–water partition coefficient (Wildman–Crippen LogP) is 2.77. The minimum atomic E-state index is 0.404. The standard InChI is InChI=1S/C9H8Cl2O2/c10-3-4-13-9-2-1-7(6-12)5-8(9)11/h1-2,5-6H,3-4H2. The molecular weight excluding hydrogens is 211 g/mol. The molecule has 0 unspecified atom stereocenters. The lowest BCUT2D eigenvalue weighted by Gasteiger charge is -2.05. The van der Waals surface area contributed by atoms with Gasteiger partial charge < -0.3 is 4.74 Å². The van der Waals surface area contributed by atoms with Gasteiger partial charge in [-0.3, -0.25) is 4.79 Å². The lowest BCUT2D eigenvalue weighted by molar-refractivity contribution is 0.112. The third kappa shape index (κ3) is 2.90. The molecule has 0 saturated carbocycles. The summed E-state index contributed by atoms with van der Waals surface area (Å²) >= 11 is 11.3. The van der Waals surface area contributed by atoms with Gasteiger partial charge in [-0.05, 0) is 18.2 Å². The Hall–Kier alpha value is -0.730. The van der Waals surface area contributed by atoms with E-state index in [9.17, 15) is 4.79 Å². The van der Waals surface area contributed by atoms with E-state index in [2.05, 4.69) is 0 Å². The summed E-state index contributed by atoms with van der Waals surface area (Å²) in [7, 11) is 0. The zero-order valence-corrected chi connectivity index (χ0v) is 8.31. The molecule has 0 radical (unpaired) electrons. The summed E-state index contributed by atoms with van der Waals surface area (Å²) in [5, 5.41) is 0.426. The molecule has 0 aliphatic rings. The van der Waals surface area contributed by atoms with Crippen LogP contribution in [0.1, 0.15) is 10.4 Å². The Balaban J connectivity index is 2.79. The first-order valence-corrected chi connectivity index (χ1v) is 4.62. The molecule has 1 aromatic rings. The molecule has 0 heterocycles. The maximum Gasteiger partial charge on any atom is 0.150 e. The smallest absolute Gasteiger partial charge is 0.150 e. The first-order chi connectivity index (χ1) is 6.27. The summed E-state index contributed by atoms with van der Waals surface area (Å²) in [4.78, 5) is 10.4. The minimum absolute atomic E-state index is 0.404. The van der Waals surface area contributed by atoms with Crippen LogP contribution in [0.5, 0.6) is 5.75 Å². The van der Waals surface area contributed by atoms with Crippen molar-refractivity contribution in [2.75, 3.05) is 12.5 Å². The van der Waals surface area contributed by atoms with Gasteiger partial charge in [-0.2, -0.15) is 0 Å². The molecule has 0 fully saturated rings. The van der Waals surface area contributed by atoms with E-state index >= 15 is 0 Å². The lowest BCUT2D eigenvalue weighted by Crippen LogP contribution is -1.98. The molecular formula is C9H8Cl2O2. The fourth-order valence-electron chi connectivity index (χ4n) is 0.856. The third-order valence-corrected chi connectivity index (χ3v) is 1.88. The van der Waals surface area contributed by atoms with Gasteiger partial charge in [-0.25, -0.2) is 0 Å². The number of hydrogen-bond donors (Lipinski definition) is 0. The summed E-state index contributed by atoms with van der Waals surface area (Å²) in [6.07, 6.45) is 0.733. The third-order valence-electron chi connectivity index (χ3n) is 1.43. The minimum Gasteiger partial charge on any atom is -0.491 e. The van der Waals surface area contributed by atoms with Crippen LogP contribution in [0.15, 0.2) is 18.2 Å². The zero-order chi connectivity index (χ0) is 9.68. The van der Waals surface area contributed by atoms with E-state index in [0.29, 0.717) is 28.8 Å². The van der Waals surface area contributed by atoms with Gasteiger partial charge in [0.2, 0.25) is 0 Å². The van der Waals surface area contributed by atoms with Crippen LogP contribution in [0.2, 0.25) is 5.02 Å². The second-order valence-corrected chi connectivity index (χ2v) is 3.13. The molecule has 0 amide bonds. The van der Waals surface area contributed by atoms with E-state index in [1.165, 1.54) is 0 Å². The highest BCUT2D eigenvalue weighted by molar-refractivity contribution is 6.32. The zero-order valence-electron chi connectivity index (χ0n) is 6.80. The fourth-order valence-corrected chi connectivity index (χ4v) is 1.18. The molecule has 0 aromatic heterocycles. The number of carbonyl (C=O) groups excluding carboxylic acids is 1. The molecule has 13 heavy (non-hydrogen) atoms. The molecule has 1 aromatic carbocycles. The summed E-state index contributed by atoms with van der Waals surface area (Å²) in [6, 6.07) is 4.85. The first kappa shape index (κ1) is 10.4. The summed E-state index contributed by atoms with van der Waals surface area (Å²) in [6.45, 7) is 0.404. The van der Waals surface area contributed by atoms with Crippen LogP contribution in [0, 0.1) is 0 Å². The van der Waals surface area contributed by atoms with E-state index in [1.54, 1.807) is 18.2 Å². The number of aldehydes is 1. The summed E-state index contributed by atoms with van der Waals surface area (Å²) in [5.41, 5.74) is 0.531. The van der Waals surface area contributed by atoms with Crippen molar-refractivity contribution in [3.8, 4) is 5.75 Å². The molecule has 1 rings (SSSR count). The Morgan fingerprint density at radius 1 is 1.46 bits per heavy atom. The van der Waals surface area contributed by atoms with Gasteiger partial charge in [0.05, 0.1) is 10.9 Å². The van der Waals surface area contributed by atoms with Crippen LogP contribution in [0.25, 0.3) is 0 Å². The van der Waals surface area contributed by atoms with E-state index < -0.39 is 0 Å². The quantitative estimate of drug-likeness (QED) is 0.574. The Labute approximate surface area is 86.4 Å². The van der Waals surface area contributed by atoms with E-state index in [-0.39, 0.29) is 0 Å². The highest BCUT2D eigenvalue weighted by Gasteiger charge is 2.01. The molecule has 0 aliphatic heterocycles. The van der Waals surface area contributed by atoms with Crippen LogP contribution in [-0.4, -0.2) is 18.8 Å². The molecule has 0 atom stereocenters. The van der Waals surface area contributed by atoms with Crippen molar-refractivity contribution in [1.29, 1.82) is 0 Å². The Morgan fingerprint density at radius 3 is 2.77 bits per heavy atom. The van der Waals surface area contributed by atoms with Gasteiger partial charge in [-0.1, -0.05) is 11.6 Å². The number of carbonyl (C=O) groups is 1. The first-order valence-electron chi connectivity index (χ1n) is 3.71. The van der Waals surface area contributed by atoms with Gasteiger partial charge in [-0.15, -0.1) is 11.6 Å². The average molecular weight is 219 g/mol. The lowest BCUT2D eigenvalue weighted by atomic mass is 10.2. The second-order valence-electron chi connectivity index (χ2n) is 2.35. The van der Waals surface area contributed by atoms with Gasteiger partial charge in [0.1, 0.15) is 18.6 Å². The van der Waals surface area contributed by atoms with Crippen molar-refractivity contribution in [2.45, 2.75) is 0 Å². The van der Waals surface area contributed by atoms with Crippen molar-refractivity contribution in [3.63, 3.8) is 0 Å². The number of benzene rings is 1. The summed E-state index contributed by atoms with van der Waals surface area (Å²) in [5.74, 6) is 0.957. The average Bonchev–Trinajstić information content (AvgIpc) is 2.16.